The van der Waals surface area contributed by atoms with Crippen LogP contribution < -0.4 is 5.32 Å². The maximum atomic E-state index is 13.7. The SMILES string of the molecule is C#CCCC1(CCN(C(=O)C23CCC2CC3)C(C(=O)NCC)C2(Br)CC2)N=N1. The Kier molecular flexibility index (Phi) is 5.06. The fraction of sp³-hybridized carbons (Fsp3) is 0.810. The number of nitrogens with one attached hydrogen (secondary N) is 1. The van der Waals surface area contributed by atoms with E-state index >= 15 is 0 Å². The highest BCUT2D eigenvalue weighted by atomic mass is 79.9. The molecule has 7 heteroatoms. The highest BCUT2D eigenvalue weighted by molar-refractivity contribution is 9.10. The molecule has 1 N–H and O–H groups in total. The lowest BCUT2D eigenvalue weighted by atomic mass is 9.47. The Bertz CT molecular complexity index is 725. The van der Waals surface area contributed by atoms with Crippen molar-refractivity contribution in [3.63, 3.8) is 0 Å². The molecule has 0 aromatic rings. The summed E-state index contributed by atoms with van der Waals surface area (Å²) in [7, 11) is 0. The molecule has 0 aromatic heterocycles. The number of alkyl halides is 1. The van der Waals surface area contributed by atoms with Gasteiger partial charge in [-0.1, -0.05) is 15.9 Å². The first-order valence-corrected chi connectivity index (χ1v) is 11.3. The van der Waals surface area contributed by atoms with Crippen LogP contribution in [0.3, 0.4) is 0 Å². The number of amides is 2. The number of fused-ring (bicyclic) bond motifs is 1. The quantitative estimate of drug-likeness (QED) is 0.410. The largest absolute Gasteiger partial charge is 0.355 e. The standard InChI is InChI=1S/C21H29BrN4O2/c1-3-5-8-21(24-25-21)13-14-26(18(28)19-9-6-15(19)7-10-19)16(17(27)23-4-2)20(22)11-12-20/h1,15-16H,4-14H2,2H3,(H,23,27). The first-order chi connectivity index (χ1) is 13.4. The van der Waals surface area contributed by atoms with Crippen molar-refractivity contribution >= 4 is 27.7 Å². The zero-order valence-electron chi connectivity index (χ0n) is 16.5. The molecular formula is C21H29BrN4O2. The van der Waals surface area contributed by atoms with Gasteiger partial charge in [0.15, 0.2) is 5.66 Å². The molecule has 1 unspecified atom stereocenters. The second kappa shape index (κ2) is 7.12. The van der Waals surface area contributed by atoms with Crippen LogP contribution in [0.5, 0.6) is 0 Å². The molecule has 0 bridgehead atoms. The number of carbonyl (C=O) groups excluding carboxylic acids is 2. The summed E-state index contributed by atoms with van der Waals surface area (Å²) in [6.07, 6.45) is 13.4. The summed E-state index contributed by atoms with van der Waals surface area (Å²) in [4.78, 5) is 28.6. The van der Waals surface area contributed by atoms with Crippen molar-refractivity contribution in [1.82, 2.24) is 10.2 Å². The van der Waals surface area contributed by atoms with E-state index in [-0.39, 0.29) is 21.6 Å². The van der Waals surface area contributed by atoms with Gasteiger partial charge in [-0.25, -0.2) is 0 Å². The summed E-state index contributed by atoms with van der Waals surface area (Å²) < 4.78 is -0.300. The van der Waals surface area contributed by atoms with E-state index in [4.69, 9.17) is 6.42 Å². The Morgan fingerprint density at radius 1 is 1.25 bits per heavy atom. The first-order valence-electron chi connectivity index (χ1n) is 10.5. The van der Waals surface area contributed by atoms with Crippen LogP contribution in [-0.4, -0.2) is 45.8 Å². The summed E-state index contributed by atoms with van der Waals surface area (Å²) >= 11 is 3.79. The van der Waals surface area contributed by atoms with Crippen molar-refractivity contribution < 1.29 is 9.59 Å². The minimum absolute atomic E-state index is 0.0563. The van der Waals surface area contributed by atoms with E-state index in [1.165, 1.54) is 0 Å². The molecule has 1 atom stereocenters. The second-order valence-corrected chi connectivity index (χ2v) is 10.5. The third-order valence-corrected chi connectivity index (χ3v) is 8.51. The molecule has 4 aliphatic rings. The Labute approximate surface area is 175 Å². The molecule has 3 saturated carbocycles. The smallest absolute Gasteiger partial charge is 0.244 e. The summed E-state index contributed by atoms with van der Waals surface area (Å²) in [5.41, 5.74) is -0.664. The highest BCUT2D eigenvalue weighted by Crippen LogP contribution is 2.62. The Balaban J connectivity index is 1.55. The molecule has 28 heavy (non-hydrogen) atoms. The molecule has 3 fully saturated rings. The molecule has 4 rings (SSSR count). The van der Waals surface area contributed by atoms with Gasteiger partial charge in [-0.3, -0.25) is 9.59 Å². The monoisotopic (exact) mass is 448 g/mol. The summed E-state index contributed by atoms with van der Waals surface area (Å²) in [6, 6.07) is -0.473. The third kappa shape index (κ3) is 3.28. The maximum Gasteiger partial charge on any atom is 0.244 e. The van der Waals surface area contributed by atoms with Gasteiger partial charge in [0.25, 0.3) is 0 Å². The fourth-order valence-electron chi connectivity index (χ4n) is 4.97. The number of likely N-dealkylation sites (N-methyl/N-ethyl adjacent to an activating group) is 1. The van der Waals surface area contributed by atoms with Gasteiger partial charge >= 0.3 is 0 Å². The number of carbonyl (C=O) groups is 2. The van der Waals surface area contributed by atoms with Crippen LogP contribution in [0.2, 0.25) is 0 Å². The van der Waals surface area contributed by atoms with Crippen LogP contribution in [0.25, 0.3) is 0 Å². The molecule has 2 amide bonds. The average molecular weight is 449 g/mol. The minimum atomic E-state index is -0.473. The number of nitrogens with zero attached hydrogens (tertiary/aromatic N) is 3. The van der Waals surface area contributed by atoms with E-state index in [0.29, 0.717) is 38.3 Å². The molecule has 1 aliphatic heterocycles. The molecule has 0 saturated heterocycles. The first kappa shape index (κ1) is 19.9. The van der Waals surface area contributed by atoms with Crippen molar-refractivity contribution in [1.29, 1.82) is 0 Å². The van der Waals surface area contributed by atoms with Gasteiger partial charge in [0.1, 0.15) is 6.04 Å². The lowest BCUT2D eigenvalue weighted by Gasteiger charge is -2.59. The summed E-state index contributed by atoms with van der Waals surface area (Å²) in [5, 5.41) is 11.4. The molecule has 0 spiro atoms. The van der Waals surface area contributed by atoms with Crippen molar-refractivity contribution in [2.75, 3.05) is 13.1 Å². The number of halogens is 1. The Hall–Kier alpha value is -1.42. The number of rotatable bonds is 10. The predicted octanol–water partition coefficient (Wildman–Crippen LogP) is 3.40. The van der Waals surface area contributed by atoms with E-state index in [2.05, 4.69) is 37.4 Å². The minimum Gasteiger partial charge on any atom is -0.355 e. The number of hydrogen-bond donors (Lipinski definition) is 1. The van der Waals surface area contributed by atoms with Crippen molar-refractivity contribution in [3.8, 4) is 12.3 Å². The van der Waals surface area contributed by atoms with E-state index in [1.807, 2.05) is 11.8 Å². The van der Waals surface area contributed by atoms with Crippen LogP contribution in [0.1, 0.15) is 64.7 Å². The topological polar surface area (TPSA) is 74.1 Å². The second-order valence-electron chi connectivity index (χ2n) is 8.90. The van der Waals surface area contributed by atoms with E-state index in [0.717, 1.165) is 38.5 Å². The predicted molar refractivity (Wildman–Crippen MR) is 110 cm³/mol. The summed E-state index contributed by atoms with van der Waals surface area (Å²) in [5.74, 6) is 3.27. The van der Waals surface area contributed by atoms with Gasteiger partial charge in [0.2, 0.25) is 11.8 Å². The molecule has 0 radical (unpaired) electrons. The maximum absolute atomic E-state index is 13.7. The van der Waals surface area contributed by atoms with Crippen LogP contribution in [0.4, 0.5) is 0 Å². The Morgan fingerprint density at radius 2 is 1.93 bits per heavy atom. The summed E-state index contributed by atoms with van der Waals surface area (Å²) in [6.45, 7) is 2.98. The number of terminal acetylenes is 1. The average Bonchev–Trinajstić information content (AvgIpc) is 3.58. The zero-order chi connectivity index (χ0) is 20.0. The van der Waals surface area contributed by atoms with E-state index < -0.39 is 11.7 Å². The molecule has 152 valence electrons. The van der Waals surface area contributed by atoms with Gasteiger partial charge < -0.3 is 10.2 Å². The lowest BCUT2D eigenvalue weighted by Crippen LogP contribution is -2.64. The lowest BCUT2D eigenvalue weighted by molar-refractivity contribution is -0.173. The molecule has 1 heterocycles. The molecule has 0 aromatic carbocycles. The third-order valence-electron chi connectivity index (χ3n) is 7.28. The van der Waals surface area contributed by atoms with E-state index in [9.17, 15) is 9.59 Å². The Morgan fingerprint density at radius 3 is 2.36 bits per heavy atom. The molecule has 3 aliphatic carbocycles. The van der Waals surface area contributed by atoms with Crippen LogP contribution in [0, 0.1) is 23.7 Å². The van der Waals surface area contributed by atoms with Gasteiger partial charge in [0, 0.05) is 32.4 Å². The van der Waals surface area contributed by atoms with Crippen LogP contribution in [-0.2, 0) is 9.59 Å². The van der Waals surface area contributed by atoms with Gasteiger partial charge in [-0.05, 0) is 51.4 Å². The van der Waals surface area contributed by atoms with Gasteiger partial charge in [0.05, 0.1) is 9.74 Å². The van der Waals surface area contributed by atoms with Crippen LogP contribution >= 0.6 is 15.9 Å². The fourth-order valence-corrected chi connectivity index (χ4v) is 5.63. The molecular weight excluding hydrogens is 420 g/mol. The van der Waals surface area contributed by atoms with E-state index in [1.54, 1.807) is 0 Å². The number of hydrogen-bond acceptors (Lipinski definition) is 4. The van der Waals surface area contributed by atoms with Crippen molar-refractivity contribution in [2.24, 2.45) is 21.6 Å². The normalized spacial score (nSPS) is 30.7. The van der Waals surface area contributed by atoms with Crippen molar-refractivity contribution in [2.45, 2.75) is 80.7 Å². The van der Waals surface area contributed by atoms with Crippen LogP contribution in [0.15, 0.2) is 10.2 Å². The van der Waals surface area contributed by atoms with Gasteiger partial charge in [-0.2, -0.15) is 10.2 Å². The zero-order valence-corrected chi connectivity index (χ0v) is 18.1. The van der Waals surface area contributed by atoms with Crippen molar-refractivity contribution in [3.05, 3.63) is 0 Å². The molecule has 6 nitrogen and oxygen atoms in total. The highest BCUT2D eigenvalue weighted by Gasteiger charge is 2.63. The van der Waals surface area contributed by atoms with Gasteiger partial charge in [-0.15, -0.1) is 12.3 Å².